The Bertz CT molecular complexity index is 380. The zero-order chi connectivity index (χ0) is 13.0. The maximum absolute atomic E-state index is 13.0. The summed E-state index contributed by atoms with van der Waals surface area (Å²) in [5.41, 5.74) is 2.57. The van der Waals surface area contributed by atoms with E-state index in [0.717, 1.165) is 13.1 Å². The van der Waals surface area contributed by atoms with Gasteiger partial charge in [0.05, 0.1) is 0 Å². The first-order chi connectivity index (χ1) is 8.57. The van der Waals surface area contributed by atoms with Gasteiger partial charge >= 0.3 is 0 Å². The molecule has 1 aliphatic rings. The molecule has 1 aromatic rings. The number of hydrogen-bond donors (Lipinski definition) is 1. The predicted octanol–water partition coefficient (Wildman–Crippen LogP) is 3.91. The van der Waals surface area contributed by atoms with Crippen LogP contribution < -0.4 is 5.32 Å². The topological polar surface area (TPSA) is 12.0 Å². The van der Waals surface area contributed by atoms with E-state index in [-0.39, 0.29) is 12.8 Å². The van der Waals surface area contributed by atoms with E-state index in [9.17, 15) is 8.78 Å². The highest BCUT2D eigenvalue weighted by Crippen LogP contribution is 2.35. The SMILES string of the molecule is Cc1ccccc1CNCC1CCC(F)(F)CC1. The molecule has 0 amide bonds. The summed E-state index contributed by atoms with van der Waals surface area (Å²) in [4.78, 5) is 0. The molecule has 1 N–H and O–H groups in total. The van der Waals surface area contributed by atoms with Gasteiger partial charge in [-0.2, -0.15) is 0 Å². The Morgan fingerprint density at radius 3 is 2.56 bits per heavy atom. The van der Waals surface area contributed by atoms with Crippen molar-refractivity contribution in [2.45, 2.75) is 45.1 Å². The summed E-state index contributed by atoms with van der Waals surface area (Å²) in [5.74, 6) is -2.00. The van der Waals surface area contributed by atoms with Crippen LogP contribution in [0.1, 0.15) is 36.8 Å². The van der Waals surface area contributed by atoms with E-state index in [0.29, 0.717) is 18.8 Å². The minimum Gasteiger partial charge on any atom is -0.312 e. The molecule has 0 spiro atoms. The number of alkyl halides is 2. The lowest BCUT2D eigenvalue weighted by Gasteiger charge is -2.28. The molecular formula is C15H21F2N. The van der Waals surface area contributed by atoms with Crippen LogP contribution >= 0.6 is 0 Å². The van der Waals surface area contributed by atoms with Crippen LogP contribution in [0.5, 0.6) is 0 Å². The van der Waals surface area contributed by atoms with E-state index in [2.05, 4.69) is 24.4 Å². The van der Waals surface area contributed by atoms with Crippen LogP contribution in [0, 0.1) is 12.8 Å². The molecule has 0 atom stereocenters. The number of halogens is 2. The van der Waals surface area contributed by atoms with Gasteiger partial charge in [-0.3, -0.25) is 0 Å². The van der Waals surface area contributed by atoms with Crippen LogP contribution in [0.25, 0.3) is 0 Å². The lowest BCUT2D eigenvalue weighted by molar-refractivity contribution is -0.0455. The third kappa shape index (κ3) is 3.77. The van der Waals surface area contributed by atoms with Crippen molar-refractivity contribution in [1.29, 1.82) is 0 Å². The Hall–Kier alpha value is -0.960. The Morgan fingerprint density at radius 2 is 1.89 bits per heavy atom. The van der Waals surface area contributed by atoms with Gasteiger partial charge in [0.2, 0.25) is 5.92 Å². The average molecular weight is 253 g/mol. The van der Waals surface area contributed by atoms with Crippen molar-refractivity contribution in [2.24, 2.45) is 5.92 Å². The Morgan fingerprint density at radius 1 is 1.22 bits per heavy atom. The smallest absolute Gasteiger partial charge is 0.248 e. The van der Waals surface area contributed by atoms with Crippen molar-refractivity contribution in [3.05, 3.63) is 35.4 Å². The molecule has 1 aliphatic carbocycles. The molecule has 0 aromatic heterocycles. The van der Waals surface area contributed by atoms with E-state index in [4.69, 9.17) is 0 Å². The van der Waals surface area contributed by atoms with Crippen LogP contribution in [0.4, 0.5) is 8.78 Å². The summed E-state index contributed by atoms with van der Waals surface area (Å²) < 4.78 is 26.0. The van der Waals surface area contributed by atoms with Crippen molar-refractivity contribution in [3.8, 4) is 0 Å². The molecule has 18 heavy (non-hydrogen) atoms. The third-order valence-electron chi connectivity index (χ3n) is 3.85. The minimum absolute atomic E-state index is 0.0592. The van der Waals surface area contributed by atoms with Crippen molar-refractivity contribution >= 4 is 0 Å². The number of hydrogen-bond acceptors (Lipinski definition) is 1. The molecule has 0 radical (unpaired) electrons. The van der Waals surface area contributed by atoms with Crippen molar-refractivity contribution < 1.29 is 8.78 Å². The van der Waals surface area contributed by atoms with Crippen LogP contribution in [-0.2, 0) is 6.54 Å². The molecule has 100 valence electrons. The first-order valence-corrected chi connectivity index (χ1v) is 6.70. The molecular weight excluding hydrogens is 232 g/mol. The molecule has 0 aliphatic heterocycles. The normalized spacial score (nSPS) is 19.9. The van der Waals surface area contributed by atoms with Crippen LogP contribution in [0.3, 0.4) is 0 Å². The number of benzene rings is 1. The molecule has 2 rings (SSSR count). The fourth-order valence-electron chi connectivity index (χ4n) is 2.52. The molecule has 0 saturated heterocycles. The molecule has 0 heterocycles. The first-order valence-electron chi connectivity index (χ1n) is 6.70. The first kappa shape index (κ1) is 13.5. The van der Waals surface area contributed by atoms with Gasteiger partial charge in [0.15, 0.2) is 0 Å². The quantitative estimate of drug-likeness (QED) is 0.857. The van der Waals surface area contributed by atoms with E-state index in [1.807, 2.05) is 12.1 Å². The van der Waals surface area contributed by atoms with Gasteiger partial charge in [-0.1, -0.05) is 24.3 Å². The van der Waals surface area contributed by atoms with Gasteiger partial charge in [-0.25, -0.2) is 8.78 Å². The van der Waals surface area contributed by atoms with Gasteiger partial charge < -0.3 is 5.32 Å². The number of nitrogens with one attached hydrogen (secondary N) is 1. The monoisotopic (exact) mass is 253 g/mol. The summed E-state index contributed by atoms with van der Waals surface area (Å²) in [6.45, 7) is 3.78. The summed E-state index contributed by atoms with van der Waals surface area (Å²) in [6.07, 6.45) is 1.41. The van der Waals surface area contributed by atoms with Gasteiger partial charge in [0.25, 0.3) is 0 Å². The van der Waals surface area contributed by atoms with Gasteiger partial charge in [-0.15, -0.1) is 0 Å². The average Bonchev–Trinajstić information content (AvgIpc) is 2.34. The summed E-state index contributed by atoms with van der Waals surface area (Å²) in [5, 5.41) is 3.39. The van der Waals surface area contributed by atoms with E-state index >= 15 is 0 Å². The van der Waals surface area contributed by atoms with Crippen molar-refractivity contribution in [2.75, 3.05) is 6.54 Å². The van der Waals surface area contributed by atoms with E-state index < -0.39 is 5.92 Å². The fraction of sp³-hybridized carbons (Fsp3) is 0.600. The second-order valence-corrected chi connectivity index (χ2v) is 5.36. The van der Waals surface area contributed by atoms with Crippen LogP contribution in [-0.4, -0.2) is 12.5 Å². The minimum atomic E-state index is -2.41. The molecule has 1 saturated carbocycles. The van der Waals surface area contributed by atoms with Crippen LogP contribution in [0.15, 0.2) is 24.3 Å². The second-order valence-electron chi connectivity index (χ2n) is 5.36. The van der Waals surface area contributed by atoms with Crippen molar-refractivity contribution in [3.63, 3.8) is 0 Å². The summed E-state index contributed by atoms with van der Waals surface area (Å²) in [7, 11) is 0. The standard InChI is InChI=1S/C15H21F2N/c1-12-4-2-3-5-14(12)11-18-10-13-6-8-15(16,17)9-7-13/h2-5,13,18H,6-11H2,1H3. The maximum Gasteiger partial charge on any atom is 0.248 e. The number of aryl methyl sites for hydroxylation is 1. The highest BCUT2D eigenvalue weighted by Gasteiger charge is 2.34. The third-order valence-corrected chi connectivity index (χ3v) is 3.85. The second kappa shape index (κ2) is 5.79. The molecule has 1 fully saturated rings. The zero-order valence-corrected chi connectivity index (χ0v) is 10.9. The van der Waals surface area contributed by atoms with Gasteiger partial charge in [0, 0.05) is 19.4 Å². The van der Waals surface area contributed by atoms with E-state index in [1.54, 1.807) is 0 Å². The summed E-state index contributed by atoms with van der Waals surface area (Å²) in [6, 6.07) is 8.27. The fourth-order valence-corrected chi connectivity index (χ4v) is 2.52. The Labute approximate surface area is 108 Å². The van der Waals surface area contributed by atoms with Gasteiger partial charge in [-0.05, 0) is 43.4 Å². The summed E-state index contributed by atoms with van der Waals surface area (Å²) >= 11 is 0. The Balaban J connectivity index is 1.72. The lowest BCUT2D eigenvalue weighted by Crippen LogP contribution is -2.30. The highest BCUT2D eigenvalue weighted by atomic mass is 19.3. The van der Waals surface area contributed by atoms with Crippen LogP contribution in [0.2, 0.25) is 0 Å². The van der Waals surface area contributed by atoms with Crippen molar-refractivity contribution in [1.82, 2.24) is 5.32 Å². The largest absolute Gasteiger partial charge is 0.312 e. The number of rotatable bonds is 4. The maximum atomic E-state index is 13.0. The lowest BCUT2D eigenvalue weighted by atomic mass is 9.87. The van der Waals surface area contributed by atoms with Gasteiger partial charge in [0.1, 0.15) is 0 Å². The molecule has 1 aromatic carbocycles. The zero-order valence-electron chi connectivity index (χ0n) is 10.9. The molecule has 1 nitrogen and oxygen atoms in total. The Kier molecular flexibility index (Phi) is 4.33. The predicted molar refractivity (Wildman–Crippen MR) is 69.8 cm³/mol. The van der Waals surface area contributed by atoms with E-state index in [1.165, 1.54) is 11.1 Å². The highest BCUT2D eigenvalue weighted by molar-refractivity contribution is 5.25. The molecule has 0 unspecified atom stereocenters. The molecule has 3 heteroatoms. The molecule has 0 bridgehead atoms.